The molecule has 126 valence electrons. The van der Waals surface area contributed by atoms with E-state index in [4.69, 9.17) is 5.26 Å². The van der Waals surface area contributed by atoms with Crippen molar-refractivity contribution >= 4 is 11.9 Å². The van der Waals surface area contributed by atoms with E-state index >= 15 is 0 Å². The van der Waals surface area contributed by atoms with Gasteiger partial charge in [-0.2, -0.15) is 5.26 Å². The minimum absolute atomic E-state index is 0.0558. The van der Waals surface area contributed by atoms with Crippen molar-refractivity contribution in [2.24, 2.45) is 5.92 Å². The monoisotopic (exact) mass is 327 g/mol. The molecule has 2 saturated heterocycles. The highest BCUT2D eigenvalue weighted by molar-refractivity contribution is 5.94. The number of fused-ring (bicyclic) bond motifs is 1. The fraction of sp³-hybridized carbons (Fsp3) is 0.529. The molecule has 0 aliphatic carbocycles. The number of nitriles is 1. The number of carbonyl (C=O) groups is 2. The van der Waals surface area contributed by atoms with E-state index in [0.717, 1.165) is 6.54 Å². The molecule has 3 heterocycles. The van der Waals surface area contributed by atoms with Crippen LogP contribution in [-0.2, 0) is 0 Å². The maximum atomic E-state index is 12.6. The number of hydrogen-bond acceptors (Lipinski definition) is 4. The molecule has 2 fully saturated rings. The second-order valence-corrected chi connectivity index (χ2v) is 6.72. The third-order valence-corrected chi connectivity index (χ3v) is 4.43. The molecule has 0 aromatic carbocycles. The van der Waals surface area contributed by atoms with Crippen LogP contribution in [0.25, 0.3) is 0 Å². The van der Waals surface area contributed by atoms with Crippen LogP contribution in [0.3, 0.4) is 0 Å². The number of aromatic nitrogens is 1. The first-order valence-electron chi connectivity index (χ1n) is 8.20. The lowest BCUT2D eigenvalue weighted by Gasteiger charge is -2.36. The van der Waals surface area contributed by atoms with Crippen LogP contribution in [0.15, 0.2) is 18.3 Å². The van der Waals surface area contributed by atoms with E-state index in [9.17, 15) is 9.59 Å². The van der Waals surface area contributed by atoms with E-state index in [1.165, 1.54) is 6.20 Å². The number of piperazine rings is 1. The number of rotatable bonds is 3. The molecule has 0 bridgehead atoms. The second kappa shape index (κ2) is 6.48. The van der Waals surface area contributed by atoms with E-state index in [1.54, 1.807) is 17.0 Å². The lowest BCUT2D eigenvalue weighted by atomic mass is 10.1. The maximum absolute atomic E-state index is 12.6. The highest BCUT2D eigenvalue weighted by atomic mass is 16.2. The van der Waals surface area contributed by atoms with Crippen molar-refractivity contribution in [3.63, 3.8) is 0 Å². The number of nitrogens with zero attached hydrogens (tertiary/aromatic N) is 5. The molecule has 1 aromatic heterocycles. The zero-order chi connectivity index (χ0) is 17.3. The Morgan fingerprint density at radius 3 is 2.79 bits per heavy atom. The van der Waals surface area contributed by atoms with Crippen molar-refractivity contribution < 1.29 is 9.59 Å². The Bertz CT molecular complexity index is 679. The molecule has 1 unspecified atom stereocenters. The Morgan fingerprint density at radius 2 is 2.17 bits per heavy atom. The summed E-state index contributed by atoms with van der Waals surface area (Å²) in [5.41, 5.74) is 0.771. The second-order valence-electron chi connectivity index (χ2n) is 6.72. The predicted octanol–water partition coefficient (Wildman–Crippen LogP) is 1.17. The Labute approximate surface area is 141 Å². The van der Waals surface area contributed by atoms with Gasteiger partial charge >= 0.3 is 6.03 Å². The molecule has 0 radical (unpaired) electrons. The molecule has 3 rings (SSSR count). The van der Waals surface area contributed by atoms with Crippen molar-refractivity contribution in [3.8, 4) is 6.07 Å². The van der Waals surface area contributed by atoms with Crippen molar-refractivity contribution in [3.05, 3.63) is 29.6 Å². The summed E-state index contributed by atoms with van der Waals surface area (Å²) in [6, 6.07) is 5.26. The molecular weight excluding hydrogens is 306 g/mol. The number of pyridine rings is 1. The topological polar surface area (TPSA) is 80.5 Å². The lowest BCUT2D eigenvalue weighted by Crippen LogP contribution is -2.53. The summed E-state index contributed by atoms with van der Waals surface area (Å²) >= 11 is 0. The first kappa shape index (κ1) is 16.2. The molecule has 1 aromatic rings. The van der Waals surface area contributed by atoms with Crippen molar-refractivity contribution in [2.75, 3.05) is 32.7 Å². The molecule has 0 saturated carbocycles. The van der Waals surface area contributed by atoms with Gasteiger partial charge in [-0.1, -0.05) is 13.8 Å². The van der Waals surface area contributed by atoms with Crippen LogP contribution < -0.4 is 0 Å². The third kappa shape index (κ3) is 3.04. The molecule has 0 N–H and O–H groups in total. The van der Waals surface area contributed by atoms with Crippen LogP contribution in [0.4, 0.5) is 4.79 Å². The van der Waals surface area contributed by atoms with E-state index in [-0.39, 0.29) is 18.0 Å². The standard InChI is InChI=1S/C17H21N5O2/c1-12(2)9-21-11-15-10-20(5-6-22(15)17(21)24)16(23)13-3-4-14(7-18)19-8-13/h3-4,8,12,15H,5-6,9-11H2,1-2H3. The normalized spacial score (nSPS) is 20.3. The van der Waals surface area contributed by atoms with Crippen LogP contribution in [-0.4, -0.2) is 70.4 Å². The van der Waals surface area contributed by atoms with Gasteiger partial charge in [0.1, 0.15) is 11.8 Å². The van der Waals surface area contributed by atoms with Gasteiger partial charge in [0.05, 0.1) is 11.6 Å². The Morgan fingerprint density at radius 1 is 1.38 bits per heavy atom. The van der Waals surface area contributed by atoms with Gasteiger partial charge in [0.2, 0.25) is 0 Å². The van der Waals surface area contributed by atoms with Gasteiger partial charge in [-0.25, -0.2) is 9.78 Å². The summed E-state index contributed by atoms with van der Waals surface area (Å²) in [4.78, 5) is 34.5. The van der Waals surface area contributed by atoms with Gasteiger partial charge in [-0.15, -0.1) is 0 Å². The van der Waals surface area contributed by atoms with E-state index in [2.05, 4.69) is 18.8 Å². The number of carbonyl (C=O) groups excluding carboxylic acids is 2. The molecule has 2 aliphatic rings. The molecule has 3 amide bonds. The van der Waals surface area contributed by atoms with Gasteiger partial charge in [0, 0.05) is 38.9 Å². The molecular formula is C17H21N5O2. The molecule has 0 spiro atoms. The Kier molecular flexibility index (Phi) is 4.38. The quantitative estimate of drug-likeness (QED) is 0.834. The first-order valence-corrected chi connectivity index (χ1v) is 8.20. The largest absolute Gasteiger partial charge is 0.335 e. The summed E-state index contributed by atoms with van der Waals surface area (Å²) in [6.45, 7) is 7.24. The number of hydrogen-bond donors (Lipinski definition) is 0. The summed E-state index contributed by atoms with van der Waals surface area (Å²) < 4.78 is 0. The Balaban J connectivity index is 1.67. The highest BCUT2D eigenvalue weighted by Crippen LogP contribution is 2.22. The SMILES string of the molecule is CC(C)CN1CC2CN(C(=O)c3ccc(C#N)nc3)CCN2C1=O. The Hall–Kier alpha value is -2.62. The van der Waals surface area contributed by atoms with Crippen LogP contribution >= 0.6 is 0 Å². The lowest BCUT2D eigenvalue weighted by molar-refractivity contribution is 0.0616. The van der Waals surface area contributed by atoms with Crippen LogP contribution in [0, 0.1) is 17.2 Å². The predicted molar refractivity (Wildman–Crippen MR) is 87.2 cm³/mol. The zero-order valence-electron chi connectivity index (χ0n) is 14.0. The van der Waals surface area contributed by atoms with E-state index in [0.29, 0.717) is 43.4 Å². The third-order valence-electron chi connectivity index (χ3n) is 4.43. The molecule has 2 aliphatic heterocycles. The maximum Gasteiger partial charge on any atom is 0.320 e. The van der Waals surface area contributed by atoms with Crippen LogP contribution in [0.2, 0.25) is 0 Å². The number of urea groups is 1. The van der Waals surface area contributed by atoms with Crippen molar-refractivity contribution in [2.45, 2.75) is 19.9 Å². The van der Waals surface area contributed by atoms with Crippen molar-refractivity contribution in [1.82, 2.24) is 19.7 Å². The minimum Gasteiger partial charge on any atom is -0.335 e. The van der Waals surface area contributed by atoms with Gasteiger partial charge in [-0.3, -0.25) is 4.79 Å². The van der Waals surface area contributed by atoms with Gasteiger partial charge in [0.25, 0.3) is 5.91 Å². The summed E-state index contributed by atoms with van der Waals surface area (Å²) in [7, 11) is 0. The van der Waals surface area contributed by atoms with Gasteiger partial charge in [0.15, 0.2) is 0 Å². The van der Waals surface area contributed by atoms with Gasteiger partial charge < -0.3 is 14.7 Å². The molecule has 1 atom stereocenters. The average Bonchev–Trinajstić information content (AvgIpc) is 2.89. The molecule has 7 heteroatoms. The smallest absolute Gasteiger partial charge is 0.320 e. The highest BCUT2D eigenvalue weighted by Gasteiger charge is 2.41. The van der Waals surface area contributed by atoms with Crippen molar-refractivity contribution in [1.29, 1.82) is 5.26 Å². The first-order chi connectivity index (χ1) is 11.5. The summed E-state index contributed by atoms with van der Waals surface area (Å²) in [5, 5.41) is 8.78. The van der Waals surface area contributed by atoms with Gasteiger partial charge in [-0.05, 0) is 18.1 Å². The van der Waals surface area contributed by atoms with E-state index in [1.807, 2.05) is 15.9 Å². The van der Waals surface area contributed by atoms with Crippen LogP contribution in [0.5, 0.6) is 0 Å². The molecule has 7 nitrogen and oxygen atoms in total. The summed E-state index contributed by atoms with van der Waals surface area (Å²) in [5.74, 6) is 0.333. The fourth-order valence-electron chi connectivity index (χ4n) is 3.32. The zero-order valence-corrected chi connectivity index (χ0v) is 14.0. The number of amides is 3. The van der Waals surface area contributed by atoms with E-state index < -0.39 is 0 Å². The minimum atomic E-state index is -0.0959. The fourth-order valence-corrected chi connectivity index (χ4v) is 3.32. The molecule has 24 heavy (non-hydrogen) atoms. The summed E-state index contributed by atoms with van der Waals surface area (Å²) in [6.07, 6.45) is 1.44. The van der Waals surface area contributed by atoms with Crippen LogP contribution in [0.1, 0.15) is 29.9 Å². The average molecular weight is 327 g/mol.